The molecule has 27 heavy (non-hydrogen) atoms. The average Bonchev–Trinajstić information content (AvgIpc) is 2.66. The van der Waals surface area contributed by atoms with Gasteiger partial charge >= 0.3 is 0 Å². The summed E-state index contributed by atoms with van der Waals surface area (Å²) in [6, 6.07) is 0. The van der Waals surface area contributed by atoms with Crippen molar-refractivity contribution in [3.63, 3.8) is 0 Å². The van der Waals surface area contributed by atoms with Crippen LogP contribution in [-0.4, -0.2) is 35.8 Å². The first-order valence-electron chi connectivity index (χ1n) is 11.2. The van der Waals surface area contributed by atoms with Gasteiger partial charge in [0.05, 0.1) is 0 Å². The smallest absolute Gasteiger partial charge is 0.219 e. The molecule has 0 bridgehead atoms. The number of hydrogen-bond donors (Lipinski definition) is 1. The fourth-order valence-electron chi connectivity index (χ4n) is 3.17. The highest BCUT2D eigenvalue weighted by atomic mass is 79.9. The van der Waals surface area contributed by atoms with Crippen LogP contribution < -0.4 is 5.32 Å². The molecule has 162 valence electrons. The molecule has 2 unspecified atom stereocenters. The third-order valence-corrected chi connectivity index (χ3v) is 7.86. The first-order valence-corrected chi connectivity index (χ1v) is 13.0. The quantitative estimate of drug-likeness (QED) is 0.139. The molecule has 0 aromatic heterocycles. The summed E-state index contributed by atoms with van der Waals surface area (Å²) < 4.78 is 4.97. The molecule has 1 amide bonds. The monoisotopic (exact) mass is 511 g/mol. The van der Waals surface area contributed by atoms with E-state index < -0.39 is 0 Å². The summed E-state index contributed by atoms with van der Waals surface area (Å²) in [5, 5.41) is 2.95. The molecule has 0 aliphatic carbocycles. The Morgan fingerprint density at radius 1 is 0.815 bits per heavy atom. The van der Waals surface area contributed by atoms with E-state index >= 15 is 0 Å². The van der Waals surface area contributed by atoms with Crippen LogP contribution in [0.2, 0.25) is 0 Å². The second kappa shape index (κ2) is 21.1. The number of hydrogen-bond acceptors (Lipinski definition) is 2. The number of methoxy groups -OCH3 is 1. The minimum Gasteiger partial charge on any atom is -0.385 e. The number of nitrogens with one attached hydrogen (secondary N) is 1. The van der Waals surface area contributed by atoms with Crippen LogP contribution in [-0.2, 0) is 9.53 Å². The zero-order valence-electron chi connectivity index (χ0n) is 17.7. The van der Waals surface area contributed by atoms with E-state index in [9.17, 15) is 4.79 Å². The molecule has 0 heterocycles. The topological polar surface area (TPSA) is 38.3 Å². The SMILES string of the molecule is CCCCCCCCC(Br)C(Br)CCCCCCCC(=O)NCCCOC. The highest BCUT2D eigenvalue weighted by Gasteiger charge is 2.14. The Morgan fingerprint density at radius 2 is 1.33 bits per heavy atom. The van der Waals surface area contributed by atoms with Crippen molar-refractivity contribution in [1.29, 1.82) is 0 Å². The lowest BCUT2D eigenvalue weighted by Crippen LogP contribution is -2.24. The van der Waals surface area contributed by atoms with E-state index in [0.717, 1.165) is 25.8 Å². The van der Waals surface area contributed by atoms with Gasteiger partial charge in [-0.2, -0.15) is 0 Å². The Hall–Kier alpha value is 0.390. The van der Waals surface area contributed by atoms with Gasteiger partial charge < -0.3 is 10.1 Å². The lowest BCUT2D eigenvalue weighted by atomic mass is 10.0. The van der Waals surface area contributed by atoms with Crippen molar-refractivity contribution < 1.29 is 9.53 Å². The summed E-state index contributed by atoms with van der Waals surface area (Å²) in [5.41, 5.74) is 0. The minimum atomic E-state index is 0.184. The summed E-state index contributed by atoms with van der Waals surface area (Å²) in [5.74, 6) is 0.184. The van der Waals surface area contributed by atoms with Gasteiger partial charge in [-0.3, -0.25) is 4.79 Å². The van der Waals surface area contributed by atoms with Crippen LogP contribution >= 0.6 is 31.9 Å². The van der Waals surface area contributed by atoms with Gasteiger partial charge in [-0.05, 0) is 25.7 Å². The normalized spacial score (nSPS) is 13.5. The molecule has 2 atom stereocenters. The molecule has 0 aliphatic rings. The zero-order valence-corrected chi connectivity index (χ0v) is 20.9. The predicted molar refractivity (Wildman–Crippen MR) is 125 cm³/mol. The molecule has 0 aliphatic heterocycles. The van der Waals surface area contributed by atoms with Crippen molar-refractivity contribution in [2.24, 2.45) is 0 Å². The maximum atomic E-state index is 11.7. The average molecular weight is 513 g/mol. The van der Waals surface area contributed by atoms with Crippen molar-refractivity contribution in [3.8, 4) is 0 Å². The van der Waals surface area contributed by atoms with Crippen LogP contribution in [0.1, 0.15) is 103 Å². The largest absolute Gasteiger partial charge is 0.385 e. The standard InChI is InChI=1S/C22H43Br2NO2/c1-3-4-5-6-8-11-15-20(23)21(24)16-12-9-7-10-13-17-22(26)25-18-14-19-27-2/h20-21H,3-19H2,1-2H3,(H,25,26). The maximum absolute atomic E-state index is 11.7. The van der Waals surface area contributed by atoms with Crippen LogP contribution in [0.25, 0.3) is 0 Å². The number of unbranched alkanes of at least 4 members (excludes halogenated alkanes) is 9. The molecule has 0 aromatic carbocycles. The molecule has 0 spiro atoms. The van der Waals surface area contributed by atoms with Gasteiger partial charge in [0.2, 0.25) is 5.91 Å². The number of amides is 1. The Balaban J connectivity index is 3.41. The molecular formula is C22H43Br2NO2. The Morgan fingerprint density at radius 3 is 1.89 bits per heavy atom. The fraction of sp³-hybridized carbons (Fsp3) is 0.955. The molecule has 0 aromatic rings. The molecule has 1 N–H and O–H groups in total. The van der Waals surface area contributed by atoms with Gasteiger partial charge in [-0.1, -0.05) is 103 Å². The van der Waals surface area contributed by atoms with Gasteiger partial charge in [0.1, 0.15) is 0 Å². The molecule has 5 heteroatoms. The van der Waals surface area contributed by atoms with Crippen molar-refractivity contribution >= 4 is 37.8 Å². The minimum absolute atomic E-state index is 0.184. The molecule has 0 radical (unpaired) electrons. The lowest BCUT2D eigenvalue weighted by molar-refractivity contribution is -0.121. The fourth-order valence-corrected chi connectivity index (χ4v) is 4.35. The first kappa shape index (κ1) is 27.4. The van der Waals surface area contributed by atoms with Gasteiger partial charge in [0.15, 0.2) is 0 Å². The predicted octanol–water partition coefficient (Wildman–Crippen LogP) is 7.15. The van der Waals surface area contributed by atoms with E-state index in [-0.39, 0.29) is 5.91 Å². The summed E-state index contributed by atoms with van der Waals surface area (Å²) in [6.07, 6.45) is 18.3. The van der Waals surface area contributed by atoms with Gasteiger partial charge in [0, 0.05) is 36.3 Å². The van der Waals surface area contributed by atoms with Crippen molar-refractivity contribution in [2.45, 2.75) is 113 Å². The number of halogens is 2. The third kappa shape index (κ3) is 19.5. The lowest BCUT2D eigenvalue weighted by Gasteiger charge is -2.16. The highest BCUT2D eigenvalue weighted by Crippen LogP contribution is 2.25. The number of rotatable bonds is 20. The maximum Gasteiger partial charge on any atom is 0.219 e. The Kier molecular flexibility index (Phi) is 21.4. The number of carbonyl (C=O) groups is 1. The summed E-state index contributed by atoms with van der Waals surface area (Å²) in [4.78, 5) is 12.8. The van der Waals surface area contributed by atoms with E-state index in [1.165, 1.54) is 70.6 Å². The van der Waals surface area contributed by atoms with Gasteiger partial charge in [-0.15, -0.1) is 0 Å². The summed E-state index contributed by atoms with van der Waals surface area (Å²) in [7, 11) is 1.69. The van der Waals surface area contributed by atoms with E-state index in [1.54, 1.807) is 7.11 Å². The Bertz CT molecular complexity index is 329. The van der Waals surface area contributed by atoms with E-state index in [2.05, 4.69) is 44.1 Å². The summed E-state index contributed by atoms with van der Waals surface area (Å²) >= 11 is 7.73. The number of ether oxygens (including phenoxy) is 1. The number of carbonyl (C=O) groups excluding carboxylic acids is 1. The first-order chi connectivity index (χ1) is 13.1. The highest BCUT2D eigenvalue weighted by molar-refractivity contribution is 9.12. The van der Waals surface area contributed by atoms with Crippen LogP contribution in [0.15, 0.2) is 0 Å². The van der Waals surface area contributed by atoms with Crippen LogP contribution in [0, 0.1) is 0 Å². The van der Waals surface area contributed by atoms with Crippen molar-refractivity contribution in [1.82, 2.24) is 5.32 Å². The number of alkyl halides is 2. The van der Waals surface area contributed by atoms with Crippen LogP contribution in [0.4, 0.5) is 0 Å². The van der Waals surface area contributed by atoms with E-state index in [0.29, 0.717) is 22.7 Å². The van der Waals surface area contributed by atoms with Crippen LogP contribution in [0.3, 0.4) is 0 Å². The van der Waals surface area contributed by atoms with Crippen LogP contribution in [0.5, 0.6) is 0 Å². The Labute approximate surface area is 185 Å². The van der Waals surface area contributed by atoms with Crippen molar-refractivity contribution in [2.75, 3.05) is 20.3 Å². The zero-order chi connectivity index (χ0) is 20.2. The molecule has 0 fully saturated rings. The van der Waals surface area contributed by atoms with E-state index in [1.807, 2.05) is 0 Å². The molecule has 0 saturated heterocycles. The van der Waals surface area contributed by atoms with E-state index in [4.69, 9.17) is 4.74 Å². The second-order valence-electron chi connectivity index (χ2n) is 7.59. The summed E-state index contributed by atoms with van der Waals surface area (Å²) in [6.45, 7) is 3.71. The van der Waals surface area contributed by atoms with Crippen molar-refractivity contribution in [3.05, 3.63) is 0 Å². The third-order valence-electron chi connectivity index (χ3n) is 4.96. The molecule has 3 nitrogen and oxygen atoms in total. The molecule has 0 saturated carbocycles. The second-order valence-corrected chi connectivity index (χ2v) is 9.94. The molecular weight excluding hydrogens is 470 g/mol. The molecule has 0 rings (SSSR count). The van der Waals surface area contributed by atoms with Gasteiger partial charge in [-0.25, -0.2) is 0 Å². The van der Waals surface area contributed by atoms with Gasteiger partial charge in [0.25, 0.3) is 0 Å².